The SMILES string of the molecule is COc1ccc(CNC(=S)Nc2ccc(CC#N)cc2)cc1. The number of nitrogens with one attached hydrogen (secondary N) is 2. The van der Waals surface area contributed by atoms with Crippen molar-refractivity contribution in [3.05, 3.63) is 59.7 Å². The number of benzene rings is 2. The van der Waals surface area contributed by atoms with Crippen LogP contribution in [0.25, 0.3) is 0 Å². The van der Waals surface area contributed by atoms with E-state index in [1.807, 2.05) is 48.5 Å². The molecule has 0 saturated heterocycles. The van der Waals surface area contributed by atoms with Crippen LogP contribution >= 0.6 is 12.2 Å². The quantitative estimate of drug-likeness (QED) is 0.830. The van der Waals surface area contributed by atoms with E-state index in [0.29, 0.717) is 18.1 Å². The van der Waals surface area contributed by atoms with Crippen molar-refractivity contribution < 1.29 is 4.74 Å². The van der Waals surface area contributed by atoms with Crippen molar-refractivity contribution in [3.63, 3.8) is 0 Å². The van der Waals surface area contributed by atoms with Gasteiger partial charge in [0, 0.05) is 12.2 Å². The Morgan fingerprint density at radius 1 is 1.09 bits per heavy atom. The Bertz CT molecular complexity index is 660. The first kappa shape index (κ1) is 15.8. The highest BCUT2D eigenvalue weighted by molar-refractivity contribution is 7.80. The summed E-state index contributed by atoms with van der Waals surface area (Å²) in [6.45, 7) is 0.641. The van der Waals surface area contributed by atoms with Gasteiger partial charge in [-0.3, -0.25) is 0 Å². The lowest BCUT2D eigenvalue weighted by Gasteiger charge is -2.11. The molecule has 22 heavy (non-hydrogen) atoms. The predicted octanol–water partition coefficient (Wildman–Crippen LogP) is 3.25. The van der Waals surface area contributed by atoms with Crippen LogP contribution in [0.3, 0.4) is 0 Å². The number of hydrogen-bond donors (Lipinski definition) is 2. The highest BCUT2D eigenvalue weighted by atomic mass is 32.1. The van der Waals surface area contributed by atoms with Crippen LogP contribution in [0.1, 0.15) is 11.1 Å². The van der Waals surface area contributed by atoms with E-state index in [9.17, 15) is 0 Å². The van der Waals surface area contributed by atoms with Gasteiger partial charge < -0.3 is 15.4 Å². The summed E-state index contributed by atoms with van der Waals surface area (Å²) in [5.74, 6) is 0.835. The smallest absolute Gasteiger partial charge is 0.171 e. The zero-order valence-electron chi connectivity index (χ0n) is 12.3. The lowest BCUT2D eigenvalue weighted by molar-refractivity contribution is 0.414. The van der Waals surface area contributed by atoms with Crippen LogP contribution in [0.2, 0.25) is 0 Å². The van der Waals surface area contributed by atoms with Crippen LogP contribution in [0.5, 0.6) is 5.75 Å². The molecule has 4 nitrogen and oxygen atoms in total. The number of rotatable bonds is 5. The van der Waals surface area contributed by atoms with E-state index in [0.717, 1.165) is 22.6 Å². The summed E-state index contributed by atoms with van der Waals surface area (Å²) in [7, 11) is 1.65. The number of anilines is 1. The van der Waals surface area contributed by atoms with Crippen molar-refractivity contribution >= 4 is 23.0 Å². The van der Waals surface area contributed by atoms with Crippen LogP contribution in [-0.4, -0.2) is 12.2 Å². The van der Waals surface area contributed by atoms with Crippen LogP contribution in [0, 0.1) is 11.3 Å². The third-order valence-corrected chi connectivity index (χ3v) is 3.35. The molecule has 0 bridgehead atoms. The number of nitriles is 1. The molecule has 0 aromatic heterocycles. The largest absolute Gasteiger partial charge is 0.497 e. The number of thiocarbonyl (C=S) groups is 1. The average Bonchev–Trinajstić information content (AvgIpc) is 2.55. The highest BCUT2D eigenvalue weighted by Gasteiger charge is 1.99. The summed E-state index contributed by atoms with van der Waals surface area (Å²) in [6.07, 6.45) is 0.417. The molecule has 0 saturated carbocycles. The standard InChI is InChI=1S/C17H17N3OS/c1-21-16-8-4-14(5-9-16)12-19-17(22)20-15-6-2-13(3-7-15)10-11-18/h2-9H,10,12H2,1H3,(H2,19,20,22). The Hall–Kier alpha value is -2.58. The molecule has 5 heteroatoms. The third kappa shape index (κ3) is 4.76. The van der Waals surface area contributed by atoms with Crippen molar-refractivity contribution in [2.45, 2.75) is 13.0 Å². The molecule has 0 amide bonds. The molecule has 0 aliphatic heterocycles. The monoisotopic (exact) mass is 311 g/mol. The van der Waals surface area contributed by atoms with Crippen molar-refractivity contribution in [1.82, 2.24) is 5.32 Å². The third-order valence-electron chi connectivity index (χ3n) is 3.11. The van der Waals surface area contributed by atoms with Gasteiger partial charge in [-0.1, -0.05) is 24.3 Å². The second-order valence-corrected chi connectivity index (χ2v) is 5.10. The fourth-order valence-corrected chi connectivity index (χ4v) is 2.09. The van der Waals surface area contributed by atoms with E-state index in [4.69, 9.17) is 22.2 Å². The summed E-state index contributed by atoms with van der Waals surface area (Å²) >= 11 is 5.27. The number of methoxy groups -OCH3 is 1. The van der Waals surface area contributed by atoms with E-state index >= 15 is 0 Å². The van der Waals surface area contributed by atoms with E-state index in [-0.39, 0.29) is 0 Å². The Morgan fingerprint density at radius 2 is 1.73 bits per heavy atom. The molecule has 2 aromatic carbocycles. The first-order valence-corrected chi connectivity index (χ1v) is 7.26. The molecule has 0 unspecified atom stereocenters. The van der Waals surface area contributed by atoms with Crippen LogP contribution < -0.4 is 15.4 Å². The topological polar surface area (TPSA) is 57.1 Å². The molecule has 112 valence electrons. The molecule has 0 fully saturated rings. The summed E-state index contributed by atoms with van der Waals surface area (Å²) in [4.78, 5) is 0. The lowest BCUT2D eigenvalue weighted by Crippen LogP contribution is -2.27. The number of ether oxygens (including phenoxy) is 1. The minimum Gasteiger partial charge on any atom is -0.497 e. The second-order valence-electron chi connectivity index (χ2n) is 4.69. The maximum atomic E-state index is 8.64. The molecule has 2 rings (SSSR count). The Morgan fingerprint density at radius 3 is 2.32 bits per heavy atom. The van der Waals surface area contributed by atoms with E-state index in [2.05, 4.69) is 16.7 Å². The maximum absolute atomic E-state index is 8.64. The Labute approximate surface area is 135 Å². The molecule has 2 aromatic rings. The first-order chi connectivity index (χ1) is 10.7. The van der Waals surface area contributed by atoms with Gasteiger partial charge in [0.2, 0.25) is 0 Å². The van der Waals surface area contributed by atoms with Crippen molar-refractivity contribution in [3.8, 4) is 11.8 Å². The molecule has 2 N–H and O–H groups in total. The molecular weight excluding hydrogens is 294 g/mol. The van der Waals surface area contributed by atoms with E-state index in [1.165, 1.54) is 0 Å². The van der Waals surface area contributed by atoms with Gasteiger partial charge in [-0.25, -0.2) is 0 Å². The summed E-state index contributed by atoms with van der Waals surface area (Å²) < 4.78 is 5.12. The summed E-state index contributed by atoms with van der Waals surface area (Å²) in [5, 5.41) is 15.5. The highest BCUT2D eigenvalue weighted by Crippen LogP contribution is 2.12. The minimum absolute atomic E-state index is 0.417. The van der Waals surface area contributed by atoms with Gasteiger partial charge in [0.25, 0.3) is 0 Å². The summed E-state index contributed by atoms with van der Waals surface area (Å²) in [6, 6.07) is 17.6. The number of nitrogens with zero attached hydrogens (tertiary/aromatic N) is 1. The molecular formula is C17H17N3OS. The normalized spacial score (nSPS) is 9.64. The van der Waals surface area contributed by atoms with Gasteiger partial charge in [-0.15, -0.1) is 0 Å². The van der Waals surface area contributed by atoms with E-state index in [1.54, 1.807) is 7.11 Å². The van der Waals surface area contributed by atoms with Gasteiger partial charge >= 0.3 is 0 Å². The molecule has 0 radical (unpaired) electrons. The van der Waals surface area contributed by atoms with Gasteiger partial charge in [-0.05, 0) is 47.6 Å². The van der Waals surface area contributed by atoms with Crippen LogP contribution in [0.15, 0.2) is 48.5 Å². The summed E-state index contributed by atoms with van der Waals surface area (Å²) in [5.41, 5.74) is 3.01. The van der Waals surface area contributed by atoms with Crippen molar-refractivity contribution in [2.24, 2.45) is 0 Å². The van der Waals surface area contributed by atoms with Gasteiger partial charge in [0.15, 0.2) is 5.11 Å². The molecule has 0 atom stereocenters. The number of hydrogen-bond acceptors (Lipinski definition) is 3. The van der Waals surface area contributed by atoms with E-state index < -0.39 is 0 Å². The van der Waals surface area contributed by atoms with Crippen LogP contribution in [-0.2, 0) is 13.0 Å². The predicted molar refractivity (Wildman–Crippen MR) is 91.8 cm³/mol. The fraction of sp³-hybridized carbons (Fsp3) is 0.176. The fourth-order valence-electron chi connectivity index (χ4n) is 1.90. The zero-order valence-corrected chi connectivity index (χ0v) is 13.1. The van der Waals surface area contributed by atoms with Crippen LogP contribution in [0.4, 0.5) is 5.69 Å². The lowest BCUT2D eigenvalue weighted by atomic mass is 10.1. The molecule has 0 aliphatic rings. The van der Waals surface area contributed by atoms with Crippen molar-refractivity contribution in [1.29, 1.82) is 5.26 Å². The first-order valence-electron chi connectivity index (χ1n) is 6.85. The van der Waals surface area contributed by atoms with Gasteiger partial charge in [0.1, 0.15) is 5.75 Å². The second kappa shape index (κ2) is 8.01. The maximum Gasteiger partial charge on any atom is 0.171 e. The molecule has 0 heterocycles. The Kier molecular flexibility index (Phi) is 5.75. The molecule has 0 spiro atoms. The van der Waals surface area contributed by atoms with Crippen molar-refractivity contribution in [2.75, 3.05) is 12.4 Å². The average molecular weight is 311 g/mol. The Balaban J connectivity index is 1.83. The van der Waals surface area contributed by atoms with Gasteiger partial charge in [0.05, 0.1) is 19.6 Å². The zero-order chi connectivity index (χ0) is 15.8. The molecule has 0 aliphatic carbocycles. The van der Waals surface area contributed by atoms with Gasteiger partial charge in [-0.2, -0.15) is 5.26 Å². The minimum atomic E-state index is 0.417.